The fourth-order valence-electron chi connectivity index (χ4n) is 7.04. The summed E-state index contributed by atoms with van der Waals surface area (Å²) in [5.74, 6) is -1.54. The minimum absolute atomic E-state index is 0.00211. The van der Waals surface area contributed by atoms with E-state index in [1.54, 1.807) is 12.2 Å². The largest absolute Gasteiger partial charge is 0.447 e. The van der Waals surface area contributed by atoms with Gasteiger partial charge in [0.25, 0.3) is 0 Å². The van der Waals surface area contributed by atoms with Gasteiger partial charge in [-0.3, -0.25) is 14.4 Å². The predicted molar refractivity (Wildman–Crippen MR) is 108 cm³/mol. The summed E-state index contributed by atoms with van der Waals surface area (Å²) in [6.45, 7) is 6.57. The summed E-state index contributed by atoms with van der Waals surface area (Å²) in [6.07, 6.45) is 8.60. The molecule has 0 bridgehead atoms. The average molecular weight is 412 g/mol. The van der Waals surface area contributed by atoms with Crippen LogP contribution in [0.25, 0.3) is 0 Å². The molecule has 6 atom stereocenters. The van der Waals surface area contributed by atoms with Crippen LogP contribution in [0.3, 0.4) is 0 Å². The third-order valence-electron chi connectivity index (χ3n) is 8.41. The van der Waals surface area contributed by atoms with E-state index in [-0.39, 0.29) is 42.2 Å². The molecule has 1 N–H and O–H groups in total. The number of rotatable bonds is 4. The monoisotopic (exact) mass is 412 g/mol. The molecular weight excluding hydrogens is 384 g/mol. The van der Waals surface area contributed by atoms with Crippen LogP contribution in [0.1, 0.15) is 46.0 Å². The van der Waals surface area contributed by atoms with Crippen LogP contribution < -0.4 is 0 Å². The Morgan fingerprint density at radius 3 is 2.70 bits per heavy atom. The third-order valence-corrected chi connectivity index (χ3v) is 8.41. The van der Waals surface area contributed by atoms with E-state index in [9.17, 15) is 24.3 Å². The highest BCUT2D eigenvalue weighted by atomic mass is 16.6. The normalized spacial score (nSPS) is 42.0. The van der Waals surface area contributed by atoms with Crippen LogP contribution in [0.2, 0.25) is 0 Å². The van der Waals surface area contributed by atoms with Gasteiger partial charge < -0.3 is 9.84 Å². The van der Waals surface area contributed by atoms with Gasteiger partial charge in [-0.25, -0.2) is 4.79 Å². The summed E-state index contributed by atoms with van der Waals surface area (Å²) >= 11 is 0. The Morgan fingerprint density at radius 2 is 2.03 bits per heavy atom. The van der Waals surface area contributed by atoms with Crippen LogP contribution in [-0.2, 0) is 23.9 Å². The Labute approximate surface area is 176 Å². The van der Waals surface area contributed by atoms with E-state index in [1.165, 1.54) is 0 Å². The zero-order chi connectivity index (χ0) is 21.9. The highest BCUT2D eigenvalue weighted by molar-refractivity contribution is 6.02. The summed E-state index contributed by atoms with van der Waals surface area (Å²) in [5, 5.41) is 9.67. The van der Waals surface area contributed by atoms with Crippen molar-refractivity contribution >= 4 is 23.3 Å². The molecule has 0 spiro atoms. The van der Waals surface area contributed by atoms with Gasteiger partial charge in [0.1, 0.15) is 12.4 Å². The topological polar surface area (TPSA) is 97.7 Å². The van der Waals surface area contributed by atoms with Gasteiger partial charge in [-0.1, -0.05) is 32.1 Å². The highest BCUT2D eigenvalue weighted by Crippen LogP contribution is 2.66. The summed E-state index contributed by atoms with van der Waals surface area (Å²) in [6, 6.07) is 0. The first-order valence-corrected chi connectivity index (χ1v) is 10.6. The number of ketones is 3. The van der Waals surface area contributed by atoms with Crippen molar-refractivity contribution in [3.63, 3.8) is 0 Å². The van der Waals surface area contributed by atoms with Crippen molar-refractivity contribution < 1.29 is 29.0 Å². The minimum atomic E-state index is -1.52. The molecule has 0 aliphatic heterocycles. The fourth-order valence-corrected chi connectivity index (χ4v) is 7.04. The first-order chi connectivity index (χ1) is 14.1. The number of aliphatic hydroxyl groups excluding tert-OH is 1. The summed E-state index contributed by atoms with van der Waals surface area (Å²) in [4.78, 5) is 50.5. The second-order valence-corrected chi connectivity index (χ2v) is 9.61. The van der Waals surface area contributed by atoms with Gasteiger partial charge in [-0.05, 0) is 49.7 Å². The molecule has 0 aromatic carbocycles. The maximum Gasteiger partial charge on any atom is 0.331 e. The molecule has 160 valence electrons. The van der Waals surface area contributed by atoms with Crippen LogP contribution in [0.15, 0.2) is 36.5 Å². The van der Waals surface area contributed by atoms with Gasteiger partial charge in [-0.15, -0.1) is 0 Å². The van der Waals surface area contributed by atoms with Crippen molar-refractivity contribution in [2.75, 3.05) is 6.61 Å². The molecule has 4 aliphatic carbocycles. The molecule has 3 saturated carbocycles. The lowest BCUT2D eigenvalue weighted by Crippen LogP contribution is -2.62. The number of ether oxygens (including phenoxy) is 1. The van der Waals surface area contributed by atoms with Crippen LogP contribution in [0.4, 0.5) is 0 Å². The first-order valence-electron chi connectivity index (χ1n) is 10.6. The maximum atomic E-state index is 13.6. The molecule has 6 nitrogen and oxygen atoms in total. The van der Waals surface area contributed by atoms with Crippen molar-refractivity contribution in [3.05, 3.63) is 36.5 Å². The van der Waals surface area contributed by atoms with Gasteiger partial charge in [0.15, 0.2) is 11.4 Å². The van der Waals surface area contributed by atoms with Crippen LogP contribution in [0, 0.1) is 28.6 Å². The van der Waals surface area contributed by atoms with E-state index in [1.807, 2.05) is 19.9 Å². The predicted octanol–water partition coefficient (Wildman–Crippen LogP) is 2.50. The molecule has 4 aliphatic rings. The molecule has 0 radical (unpaired) electrons. The molecule has 0 heterocycles. The van der Waals surface area contributed by atoms with E-state index in [0.29, 0.717) is 6.42 Å². The first kappa shape index (κ1) is 20.9. The Balaban J connectivity index is 1.78. The molecule has 0 aromatic rings. The number of carbonyl (C=O) groups is 4. The van der Waals surface area contributed by atoms with Crippen molar-refractivity contribution in [1.29, 1.82) is 0 Å². The number of esters is 1. The quantitative estimate of drug-likeness (QED) is 0.563. The number of hydrogen-bond acceptors (Lipinski definition) is 6. The van der Waals surface area contributed by atoms with E-state index in [2.05, 4.69) is 6.58 Å². The Hall–Kier alpha value is -2.34. The Morgan fingerprint density at radius 1 is 1.30 bits per heavy atom. The lowest BCUT2D eigenvalue weighted by Gasteiger charge is -2.57. The molecule has 4 rings (SSSR count). The summed E-state index contributed by atoms with van der Waals surface area (Å²) < 4.78 is 5.66. The molecule has 30 heavy (non-hydrogen) atoms. The van der Waals surface area contributed by atoms with Crippen molar-refractivity contribution in [2.24, 2.45) is 28.6 Å². The van der Waals surface area contributed by atoms with Gasteiger partial charge >= 0.3 is 5.97 Å². The lowest BCUT2D eigenvalue weighted by molar-refractivity contribution is -0.188. The highest BCUT2D eigenvalue weighted by Gasteiger charge is 2.70. The zero-order valence-corrected chi connectivity index (χ0v) is 17.5. The Bertz CT molecular complexity index is 913. The number of allylic oxidation sites excluding steroid dienone is 4. The van der Waals surface area contributed by atoms with Crippen molar-refractivity contribution in [3.8, 4) is 0 Å². The molecule has 0 unspecified atom stereocenters. The lowest BCUT2D eigenvalue weighted by atomic mass is 9.46. The molecule has 0 aromatic heterocycles. The number of aliphatic hydroxyl groups is 1. The van der Waals surface area contributed by atoms with E-state index in [0.717, 1.165) is 24.5 Å². The minimum Gasteiger partial charge on any atom is -0.447 e. The van der Waals surface area contributed by atoms with Crippen LogP contribution in [0.5, 0.6) is 0 Å². The van der Waals surface area contributed by atoms with E-state index in [4.69, 9.17) is 4.74 Å². The molecule has 0 amide bonds. The second-order valence-electron chi connectivity index (χ2n) is 9.61. The van der Waals surface area contributed by atoms with E-state index < -0.39 is 34.8 Å². The smallest absolute Gasteiger partial charge is 0.331 e. The number of hydrogen-bond donors (Lipinski definition) is 1. The van der Waals surface area contributed by atoms with Crippen molar-refractivity contribution in [2.45, 2.75) is 51.6 Å². The number of fused-ring (bicyclic) bond motifs is 5. The van der Waals surface area contributed by atoms with Gasteiger partial charge in [0.2, 0.25) is 5.78 Å². The van der Waals surface area contributed by atoms with E-state index >= 15 is 0 Å². The van der Waals surface area contributed by atoms with Crippen LogP contribution >= 0.6 is 0 Å². The summed E-state index contributed by atoms with van der Waals surface area (Å²) in [5.41, 5.74) is -1.90. The molecule has 0 saturated heterocycles. The number of Topliss-reactive ketones (excluding diaryl/α,β-unsaturated/α-hetero) is 2. The summed E-state index contributed by atoms with van der Waals surface area (Å²) in [7, 11) is 0. The van der Waals surface area contributed by atoms with Crippen molar-refractivity contribution in [1.82, 2.24) is 0 Å². The average Bonchev–Trinajstić information content (AvgIpc) is 3.00. The standard InChI is InChI=1S/C24H28O6/c1-4-20(29)30-24(19(28)13-25)10-8-17-16-6-5-14-11-15(26)7-9-22(14,2)21(16)18(27)12-23(17,24)3/h4,7,9,11,16-17,21,25H,1,5-6,8,10,12-13H2,2-3H3/t16-,17-,21+,22-,23-,24-/m0/s1. The number of carbonyl (C=O) groups excluding carboxylic acids is 4. The maximum absolute atomic E-state index is 13.6. The van der Waals surface area contributed by atoms with Gasteiger partial charge in [0, 0.05) is 29.2 Å². The molecule has 6 heteroatoms. The molecule has 3 fully saturated rings. The van der Waals surface area contributed by atoms with Crippen LogP contribution in [-0.4, -0.2) is 40.6 Å². The fraction of sp³-hybridized carbons (Fsp3) is 0.583. The second kappa shape index (κ2) is 6.84. The zero-order valence-electron chi connectivity index (χ0n) is 17.5. The third kappa shape index (κ3) is 2.59. The van der Waals surface area contributed by atoms with Gasteiger partial charge in [0.05, 0.1) is 0 Å². The molecular formula is C24H28O6. The van der Waals surface area contributed by atoms with Gasteiger partial charge in [-0.2, -0.15) is 0 Å². The SMILES string of the molecule is C=CC(=O)O[C@]1(C(=O)CO)CC[C@H]2[C@@H]3CCC4=CC(=O)C=C[C@]4(C)[C@H]3C(=O)C[C@@]21C. The Kier molecular flexibility index (Phi) is 4.77.